The number of halogens is 2. The van der Waals surface area contributed by atoms with E-state index < -0.39 is 19.0 Å². The van der Waals surface area contributed by atoms with Crippen LogP contribution in [0.1, 0.15) is 15.9 Å². The molecular formula is C25H23F2N7O3. The maximum Gasteiger partial charge on any atom is 0.324 e. The fourth-order valence-electron chi connectivity index (χ4n) is 5.05. The summed E-state index contributed by atoms with van der Waals surface area (Å²) < 4.78 is 38.6. The number of aromatic nitrogens is 4. The Balaban J connectivity index is 1.11. The van der Waals surface area contributed by atoms with Crippen molar-refractivity contribution in [2.24, 2.45) is 5.41 Å². The second-order valence-electron chi connectivity index (χ2n) is 10.2. The molecule has 1 aromatic carbocycles. The summed E-state index contributed by atoms with van der Waals surface area (Å²) in [5.41, 5.74) is 4.51. The molecule has 0 atom stereocenters. The lowest BCUT2D eigenvalue weighted by molar-refractivity contribution is -0.127. The molecule has 3 fully saturated rings. The van der Waals surface area contributed by atoms with E-state index in [1.165, 1.54) is 4.90 Å². The van der Waals surface area contributed by atoms with Crippen molar-refractivity contribution in [1.82, 2.24) is 19.8 Å². The molecule has 4 aromatic rings. The molecule has 0 bridgehead atoms. The number of benzene rings is 1. The van der Waals surface area contributed by atoms with E-state index >= 15 is 0 Å². The Bertz CT molecular complexity index is 1530. The lowest BCUT2D eigenvalue weighted by Crippen LogP contribution is -2.66. The first-order chi connectivity index (χ1) is 17.8. The predicted octanol–water partition coefficient (Wildman–Crippen LogP) is 3.24. The van der Waals surface area contributed by atoms with E-state index in [1.54, 1.807) is 22.8 Å². The quantitative estimate of drug-likeness (QED) is 0.440. The van der Waals surface area contributed by atoms with Crippen LogP contribution in [0, 0.1) is 12.3 Å². The molecule has 1 spiro atoms. The molecule has 3 aromatic heterocycles. The number of rotatable bonds is 5. The van der Waals surface area contributed by atoms with Crippen LogP contribution >= 0.6 is 0 Å². The molecular weight excluding hydrogens is 484 g/mol. The number of nitrogens with one attached hydrogen (secondary N) is 1. The average Bonchev–Trinajstić information content (AvgIpc) is 3.44. The average molecular weight is 508 g/mol. The van der Waals surface area contributed by atoms with Gasteiger partial charge < -0.3 is 24.4 Å². The summed E-state index contributed by atoms with van der Waals surface area (Å²) in [6, 6.07) is 9.40. The molecule has 0 aliphatic carbocycles. The topological polar surface area (TPSA) is 101 Å². The number of carbonyl (C=O) groups excluding carboxylic acids is 1. The second-order valence-corrected chi connectivity index (χ2v) is 10.2. The zero-order valence-electron chi connectivity index (χ0n) is 19.9. The maximum absolute atomic E-state index is 13.3. The first-order valence-electron chi connectivity index (χ1n) is 12.0. The number of pyridine rings is 1. The van der Waals surface area contributed by atoms with Gasteiger partial charge in [-0.1, -0.05) is 17.3 Å². The predicted molar refractivity (Wildman–Crippen MR) is 130 cm³/mol. The highest BCUT2D eigenvalue weighted by Crippen LogP contribution is 2.40. The number of hydrogen-bond acceptors (Lipinski definition) is 8. The van der Waals surface area contributed by atoms with Gasteiger partial charge in [0.05, 0.1) is 49.0 Å². The van der Waals surface area contributed by atoms with Gasteiger partial charge in [0, 0.05) is 36.2 Å². The standard InChI is InChI=1S/C25H23F2N7O3/c1-15-2-3-16(21-30-23(37-31-21)33-11-25(26,27)12-33)6-19(15)29-22(35)18-8-28-34-5-4-17(7-20(18)34)32-9-24(10-32)13-36-14-24/h2-8H,9-14H2,1H3,(H,29,35). The number of anilines is 3. The van der Waals surface area contributed by atoms with E-state index in [2.05, 4.69) is 25.5 Å². The zero-order valence-corrected chi connectivity index (χ0v) is 19.9. The normalized spacial score (nSPS) is 19.4. The van der Waals surface area contributed by atoms with Gasteiger partial charge in [-0.25, -0.2) is 13.3 Å². The first kappa shape index (κ1) is 22.2. The molecule has 37 heavy (non-hydrogen) atoms. The Morgan fingerprint density at radius 1 is 1.08 bits per heavy atom. The Hall–Kier alpha value is -4.06. The number of carbonyl (C=O) groups is 1. The SMILES string of the molecule is Cc1ccc(-c2noc(N3CC(F)(F)C3)n2)cc1NC(=O)c1cnn2ccc(N3CC4(COC4)C3)cc12. The monoisotopic (exact) mass is 507 g/mol. The zero-order chi connectivity index (χ0) is 25.4. The van der Waals surface area contributed by atoms with Crippen LogP contribution in [0.5, 0.6) is 0 Å². The van der Waals surface area contributed by atoms with Crippen LogP contribution in [0.4, 0.5) is 26.2 Å². The largest absolute Gasteiger partial charge is 0.380 e. The van der Waals surface area contributed by atoms with E-state index in [4.69, 9.17) is 9.26 Å². The van der Waals surface area contributed by atoms with Crippen molar-refractivity contribution in [2.45, 2.75) is 12.8 Å². The molecule has 12 heteroatoms. The minimum Gasteiger partial charge on any atom is -0.380 e. The van der Waals surface area contributed by atoms with Crippen LogP contribution in [0.25, 0.3) is 16.9 Å². The highest BCUT2D eigenvalue weighted by Gasteiger charge is 2.49. The van der Waals surface area contributed by atoms with E-state index in [0.717, 1.165) is 37.6 Å². The van der Waals surface area contributed by atoms with Gasteiger partial charge in [0.25, 0.3) is 11.8 Å². The minimum absolute atomic E-state index is 0.0483. The molecule has 10 nitrogen and oxygen atoms in total. The number of alkyl halides is 2. The molecule has 3 aliphatic rings. The van der Waals surface area contributed by atoms with Crippen LogP contribution in [0.2, 0.25) is 0 Å². The van der Waals surface area contributed by atoms with Gasteiger partial charge in [0.1, 0.15) is 0 Å². The summed E-state index contributed by atoms with van der Waals surface area (Å²) in [7, 11) is 0. The van der Waals surface area contributed by atoms with Gasteiger partial charge in [-0.2, -0.15) is 10.1 Å². The third-order valence-corrected chi connectivity index (χ3v) is 7.26. The van der Waals surface area contributed by atoms with Crippen molar-refractivity contribution < 1.29 is 22.8 Å². The highest BCUT2D eigenvalue weighted by atomic mass is 19.3. The summed E-state index contributed by atoms with van der Waals surface area (Å²) in [4.78, 5) is 21.1. The Morgan fingerprint density at radius 3 is 2.62 bits per heavy atom. The van der Waals surface area contributed by atoms with Gasteiger partial charge in [0.15, 0.2) is 0 Å². The van der Waals surface area contributed by atoms with Gasteiger partial charge >= 0.3 is 6.01 Å². The minimum atomic E-state index is -2.74. The highest BCUT2D eigenvalue weighted by molar-refractivity contribution is 6.09. The number of hydrogen-bond donors (Lipinski definition) is 1. The fourth-order valence-corrected chi connectivity index (χ4v) is 5.05. The smallest absolute Gasteiger partial charge is 0.324 e. The van der Waals surface area contributed by atoms with Crippen LogP contribution in [0.15, 0.2) is 47.2 Å². The number of fused-ring (bicyclic) bond motifs is 1. The van der Waals surface area contributed by atoms with E-state index in [1.807, 2.05) is 31.3 Å². The number of amides is 1. The van der Waals surface area contributed by atoms with Crippen molar-refractivity contribution in [1.29, 1.82) is 0 Å². The maximum atomic E-state index is 13.3. The van der Waals surface area contributed by atoms with Gasteiger partial charge in [-0.15, -0.1) is 0 Å². The molecule has 1 amide bonds. The van der Waals surface area contributed by atoms with Crippen molar-refractivity contribution >= 4 is 28.8 Å². The van der Waals surface area contributed by atoms with Gasteiger partial charge in [0.2, 0.25) is 5.82 Å². The molecule has 6 heterocycles. The molecule has 3 aliphatic heterocycles. The Labute approximate surface area is 209 Å². The molecule has 3 saturated heterocycles. The molecule has 1 N–H and O–H groups in total. The van der Waals surface area contributed by atoms with Crippen molar-refractivity contribution in [3.05, 3.63) is 53.9 Å². The van der Waals surface area contributed by atoms with Crippen molar-refractivity contribution in [2.75, 3.05) is 54.5 Å². The number of aryl methyl sites for hydroxylation is 1. The first-order valence-corrected chi connectivity index (χ1v) is 12.0. The van der Waals surface area contributed by atoms with Crippen molar-refractivity contribution in [3.8, 4) is 11.4 Å². The molecule has 190 valence electrons. The van der Waals surface area contributed by atoms with Crippen LogP contribution in [-0.4, -0.2) is 71.0 Å². The number of ether oxygens (including phenoxy) is 1. The Morgan fingerprint density at radius 2 is 1.89 bits per heavy atom. The lowest BCUT2D eigenvalue weighted by Gasteiger charge is -2.56. The third-order valence-electron chi connectivity index (χ3n) is 7.26. The van der Waals surface area contributed by atoms with Crippen LogP contribution in [-0.2, 0) is 4.74 Å². The Kier molecular flexibility index (Phi) is 4.62. The van der Waals surface area contributed by atoms with E-state index in [9.17, 15) is 13.6 Å². The van der Waals surface area contributed by atoms with E-state index in [-0.39, 0.29) is 23.2 Å². The lowest BCUT2D eigenvalue weighted by atomic mass is 9.78. The fraction of sp³-hybridized carbons (Fsp3) is 0.360. The summed E-state index contributed by atoms with van der Waals surface area (Å²) in [6.45, 7) is 4.50. The molecule has 0 radical (unpaired) electrons. The summed E-state index contributed by atoms with van der Waals surface area (Å²) in [5, 5.41) is 11.2. The van der Waals surface area contributed by atoms with Crippen molar-refractivity contribution in [3.63, 3.8) is 0 Å². The second kappa shape index (κ2) is 7.72. The van der Waals surface area contributed by atoms with Gasteiger partial charge in [-0.05, 0) is 30.7 Å². The van der Waals surface area contributed by atoms with E-state index in [0.29, 0.717) is 22.3 Å². The summed E-state index contributed by atoms with van der Waals surface area (Å²) >= 11 is 0. The van der Waals surface area contributed by atoms with Crippen LogP contribution in [0.3, 0.4) is 0 Å². The summed E-state index contributed by atoms with van der Waals surface area (Å²) in [5.74, 6) is -2.78. The number of nitrogens with zero attached hydrogens (tertiary/aromatic N) is 6. The molecule has 0 unspecified atom stereocenters. The van der Waals surface area contributed by atoms with Crippen LogP contribution < -0.4 is 15.1 Å². The molecule has 0 saturated carbocycles. The van der Waals surface area contributed by atoms with Gasteiger partial charge in [-0.3, -0.25) is 4.79 Å². The third kappa shape index (κ3) is 3.70. The molecule has 7 rings (SSSR count). The summed E-state index contributed by atoms with van der Waals surface area (Å²) in [6.07, 6.45) is 3.41.